The molecule has 5 aromatic carbocycles. The number of benzene rings is 5. The Bertz CT molecular complexity index is 2240. The van der Waals surface area contributed by atoms with Crippen LogP contribution in [0.5, 0.6) is 0 Å². The maximum absolute atomic E-state index is 6.29. The number of allylic oxidation sites excluding steroid dienone is 3. The summed E-state index contributed by atoms with van der Waals surface area (Å²) in [4.78, 5) is 0. The van der Waals surface area contributed by atoms with Crippen LogP contribution in [-0.4, -0.2) is 10.7 Å². The number of nitrogens with zero attached hydrogens (tertiary/aromatic N) is 1. The van der Waals surface area contributed by atoms with Gasteiger partial charge in [-0.2, -0.15) is 0 Å². The van der Waals surface area contributed by atoms with Gasteiger partial charge >= 0.3 is 0 Å². The molecule has 7 aromatic rings. The molecule has 0 spiro atoms. The van der Waals surface area contributed by atoms with Gasteiger partial charge in [-0.15, -0.1) is 0 Å². The first kappa shape index (κ1) is 25.5. The van der Waals surface area contributed by atoms with Crippen LogP contribution < -0.4 is 16.0 Å². The molecule has 44 heavy (non-hydrogen) atoms. The Balaban J connectivity index is 1.18. The summed E-state index contributed by atoms with van der Waals surface area (Å²) in [5.74, 6) is 0. The molecule has 5 nitrogen and oxygen atoms in total. The minimum absolute atomic E-state index is 0.0128. The minimum Gasteiger partial charge on any atom is -0.456 e. The van der Waals surface area contributed by atoms with Gasteiger partial charge in [0.2, 0.25) is 0 Å². The lowest BCUT2D eigenvalue weighted by molar-refractivity contribution is 0.219. The van der Waals surface area contributed by atoms with E-state index in [1.807, 2.05) is 12.1 Å². The van der Waals surface area contributed by atoms with Gasteiger partial charge in [0, 0.05) is 27.2 Å². The number of aromatic nitrogens is 1. The van der Waals surface area contributed by atoms with Crippen molar-refractivity contribution in [2.75, 3.05) is 0 Å². The second-order valence-corrected chi connectivity index (χ2v) is 11.8. The van der Waals surface area contributed by atoms with Crippen LogP contribution in [0, 0.1) is 0 Å². The van der Waals surface area contributed by atoms with E-state index in [4.69, 9.17) is 4.42 Å². The van der Waals surface area contributed by atoms with Gasteiger partial charge in [0.05, 0.1) is 29.5 Å². The monoisotopic (exact) mass is 572 g/mol. The normalized spacial score (nSPS) is 20.5. The number of fused-ring (bicyclic) bond motifs is 6. The average molecular weight is 573 g/mol. The maximum atomic E-state index is 6.29. The zero-order valence-electron chi connectivity index (χ0n) is 24.2. The Morgan fingerprint density at radius 3 is 2.18 bits per heavy atom. The largest absolute Gasteiger partial charge is 0.456 e. The summed E-state index contributed by atoms with van der Waals surface area (Å²) in [6.07, 6.45) is 8.83. The molecule has 1 saturated heterocycles. The zero-order valence-corrected chi connectivity index (χ0v) is 24.2. The summed E-state index contributed by atoms with van der Waals surface area (Å²) < 4.78 is 8.69. The van der Waals surface area contributed by atoms with Crippen molar-refractivity contribution >= 4 is 43.7 Å². The van der Waals surface area contributed by atoms with Gasteiger partial charge in [-0.3, -0.25) is 16.0 Å². The molecule has 0 radical (unpaired) electrons. The van der Waals surface area contributed by atoms with E-state index in [2.05, 4.69) is 142 Å². The molecule has 2 aliphatic rings. The van der Waals surface area contributed by atoms with E-state index in [9.17, 15) is 0 Å². The number of hydrogen-bond donors (Lipinski definition) is 3. The number of para-hydroxylation sites is 2. The van der Waals surface area contributed by atoms with Crippen LogP contribution in [0.15, 0.2) is 143 Å². The molecule has 0 bridgehead atoms. The lowest BCUT2D eigenvalue weighted by Crippen LogP contribution is -2.59. The lowest BCUT2D eigenvalue weighted by Gasteiger charge is -2.40. The van der Waals surface area contributed by atoms with Crippen molar-refractivity contribution in [3.8, 4) is 5.69 Å². The first-order valence-electron chi connectivity index (χ1n) is 15.4. The predicted octanol–water partition coefficient (Wildman–Crippen LogP) is 8.77. The smallest absolute Gasteiger partial charge is 0.136 e. The van der Waals surface area contributed by atoms with Gasteiger partial charge in [0.25, 0.3) is 0 Å². The second-order valence-electron chi connectivity index (χ2n) is 11.8. The molecule has 1 fully saturated rings. The fraction of sp³-hybridized carbons (Fsp3) is 0.128. The van der Waals surface area contributed by atoms with E-state index in [1.165, 1.54) is 38.5 Å². The topological polar surface area (TPSA) is 54.2 Å². The van der Waals surface area contributed by atoms with Crippen LogP contribution in [0.1, 0.15) is 36.3 Å². The molecular formula is C39H32N4O. The molecule has 0 saturated carbocycles. The Kier molecular flexibility index (Phi) is 6.01. The number of nitrogens with one attached hydrogen (secondary N) is 3. The summed E-state index contributed by atoms with van der Waals surface area (Å²) in [7, 11) is 0. The first-order valence-corrected chi connectivity index (χ1v) is 15.4. The molecule has 2 aromatic heterocycles. The van der Waals surface area contributed by atoms with Crippen LogP contribution >= 0.6 is 0 Å². The van der Waals surface area contributed by atoms with Crippen LogP contribution in [0.4, 0.5) is 0 Å². The SMILES string of the molecule is C1=CCCC(C2NC(c3ccccc3)NC(c3cccc(-n4c5ccccc5c5cc6oc7ccccc7c6cc54)c3)N2)=C1. The maximum Gasteiger partial charge on any atom is 0.136 e. The van der Waals surface area contributed by atoms with Gasteiger partial charge in [0.1, 0.15) is 11.2 Å². The quantitative estimate of drug-likeness (QED) is 0.197. The molecular weight excluding hydrogens is 540 g/mol. The fourth-order valence-electron chi connectivity index (χ4n) is 7.06. The van der Waals surface area contributed by atoms with E-state index in [0.29, 0.717) is 0 Å². The Morgan fingerprint density at radius 1 is 0.568 bits per heavy atom. The highest BCUT2D eigenvalue weighted by Gasteiger charge is 2.31. The van der Waals surface area contributed by atoms with E-state index in [0.717, 1.165) is 40.5 Å². The molecule has 3 N–H and O–H groups in total. The molecule has 3 atom stereocenters. The summed E-state index contributed by atoms with van der Waals surface area (Å²) in [5, 5.41) is 16.2. The van der Waals surface area contributed by atoms with E-state index in [1.54, 1.807) is 0 Å². The first-order chi connectivity index (χ1) is 21.8. The van der Waals surface area contributed by atoms with Gasteiger partial charge in [-0.05, 0) is 65.9 Å². The van der Waals surface area contributed by atoms with Gasteiger partial charge in [0.15, 0.2) is 0 Å². The molecule has 5 heteroatoms. The third-order valence-electron chi connectivity index (χ3n) is 9.18. The van der Waals surface area contributed by atoms with E-state index >= 15 is 0 Å². The summed E-state index contributed by atoms with van der Waals surface area (Å²) >= 11 is 0. The zero-order chi connectivity index (χ0) is 29.0. The average Bonchev–Trinajstić information content (AvgIpc) is 3.62. The Hall–Kier alpha value is -4.94. The molecule has 1 aliphatic heterocycles. The van der Waals surface area contributed by atoms with Gasteiger partial charge in [-0.25, -0.2) is 0 Å². The van der Waals surface area contributed by atoms with Crippen molar-refractivity contribution in [1.29, 1.82) is 0 Å². The lowest BCUT2D eigenvalue weighted by atomic mass is 9.99. The standard InChI is InChI=1S/C39H32N4O/c1-3-12-25(13-4-1)37-40-38(26-14-5-2-6-15-26)42-39(41-37)27-16-11-17-28(22-27)43-33-20-9-7-18-29(33)31-24-36-32(23-34(31)43)30-19-8-10-21-35(30)44-36/h1-5,7-14,16-24,37-42H,6,15H2. The van der Waals surface area contributed by atoms with Crippen molar-refractivity contribution in [2.45, 2.75) is 31.3 Å². The number of hydrogen-bond acceptors (Lipinski definition) is 4. The summed E-state index contributed by atoms with van der Waals surface area (Å²) in [5.41, 5.74) is 9.14. The second kappa shape index (κ2) is 10.4. The van der Waals surface area contributed by atoms with E-state index in [-0.39, 0.29) is 18.5 Å². The molecule has 3 unspecified atom stereocenters. The van der Waals surface area contributed by atoms with E-state index < -0.39 is 0 Å². The van der Waals surface area contributed by atoms with Crippen LogP contribution in [0.25, 0.3) is 49.4 Å². The third kappa shape index (κ3) is 4.20. The van der Waals surface area contributed by atoms with Crippen molar-refractivity contribution in [2.24, 2.45) is 0 Å². The van der Waals surface area contributed by atoms with Crippen LogP contribution in [0.2, 0.25) is 0 Å². The van der Waals surface area contributed by atoms with Crippen molar-refractivity contribution in [1.82, 2.24) is 20.5 Å². The molecule has 3 heterocycles. The molecule has 9 rings (SSSR count). The Labute approximate surface area is 255 Å². The summed E-state index contributed by atoms with van der Waals surface area (Å²) in [6.45, 7) is 0. The van der Waals surface area contributed by atoms with Gasteiger partial charge < -0.3 is 8.98 Å². The molecule has 0 amide bonds. The Morgan fingerprint density at radius 2 is 1.32 bits per heavy atom. The van der Waals surface area contributed by atoms with Crippen molar-refractivity contribution in [3.63, 3.8) is 0 Å². The van der Waals surface area contributed by atoms with Crippen LogP contribution in [-0.2, 0) is 0 Å². The van der Waals surface area contributed by atoms with Crippen molar-refractivity contribution < 1.29 is 4.42 Å². The predicted molar refractivity (Wildman–Crippen MR) is 180 cm³/mol. The third-order valence-corrected chi connectivity index (χ3v) is 9.18. The minimum atomic E-state index is -0.0455. The highest BCUT2D eigenvalue weighted by atomic mass is 16.3. The number of rotatable bonds is 4. The molecule has 214 valence electrons. The molecule has 1 aliphatic carbocycles. The highest BCUT2D eigenvalue weighted by molar-refractivity contribution is 6.17. The number of furan rings is 1. The summed E-state index contributed by atoms with van der Waals surface area (Å²) in [6, 6.07) is 41.1. The fourth-order valence-corrected chi connectivity index (χ4v) is 7.06. The van der Waals surface area contributed by atoms with Crippen molar-refractivity contribution in [3.05, 3.63) is 150 Å². The van der Waals surface area contributed by atoms with Gasteiger partial charge in [-0.1, -0.05) is 97.1 Å². The van der Waals surface area contributed by atoms with Crippen LogP contribution in [0.3, 0.4) is 0 Å². The highest BCUT2D eigenvalue weighted by Crippen LogP contribution is 2.38.